The van der Waals surface area contributed by atoms with Crippen molar-refractivity contribution in [2.24, 2.45) is 5.11 Å². The van der Waals surface area contributed by atoms with Gasteiger partial charge in [-0.2, -0.15) is 0 Å². The summed E-state index contributed by atoms with van der Waals surface area (Å²) >= 11 is 3.65. The van der Waals surface area contributed by atoms with Crippen molar-refractivity contribution in [2.45, 2.75) is 29.5 Å². The predicted molar refractivity (Wildman–Crippen MR) is 50.8 cm³/mol. The van der Waals surface area contributed by atoms with Gasteiger partial charge in [-0.05, 0) is 5.53 Å². The maximum atomic E-state index is 9.60. The Morgan fingerprint density at radius 1 is 1.53 bits per heavy atom. The Morgan fingerprint density at radius 3 is 2.60 bits per heavy atom. The molecule has 0 aromatic rings. The molecular weight excluding hydrogens is 226 g/mol. The zero-order valence-corrected chi connectivity index (χ0v) is 8.40. The van der Waals surface area contributed by atoms with Gasteiger partial charge in [0.1, 0.15) is 18.3 Å². The van der Waals surface area contributed by atoms with E-state index in [4.69, 9.17) is 15.4 Å². The summed E-state index contributed by atoms with van der Waals surface area (Å²) in [6.07, 6.45) is -5.82. The molecule has 4 N–H and O–H groups in total. The lowest BCUT2D eigenvalue weighted by molar-refractivity contribution is -0.239. The van der Waals surface area contributed by atoms with E-state index in [-0.39, 0.29) is 0 Å². The Hall–Kier alpha value is -0.540. The van der Waals surface area contributed by atoms with Crippen molar-refractivity contribution in [3.05, 3.63) is 10.4 Å². The minimum atomic E-state index is -2.20. The van der Waals surface area contributed by atoms with Crippen LogP contribution in [0.3, 0.4) is 0 Å². The quantitative estimate of drug-likeness (QED) is 0.129. The molecule has 0 bridgehead atoms. The van der Waals surface area contributed by atoms with E-state index in [0.717, 1.165) is 0 Å². The summed E-state index contributed by atoms with van der Waals surface area (Å²) in [6.45, 7) is -0.584. The summed E-state index contributed by atoms with van der Waals surface area (Å²) in [7, 11) is 0. The third-order valence-electron chi connectivity index (χ3n) is 2.14. The molecule has 0 spiro atoms. The van der Waals surface area contributed by atoms with Crippen LogP contribution in [0.1, 0.15) is 0 Å². The standard InChI is InChI=1S/C6H11N3O5S/c7-9-8-5-6(13,15)4(12)3(11)2(1-10)14-5/h2-5,10-13,15H,1H2/t2-,3-,4+,5?,6-/m1/s1. The fourth-order valence-corrected chi connectivity index (χ4v) is 1.52. The highest BCUT2D eigenvalue weighted by Gasteiger charge is 2.52. The summed E-state index contributed by atoms with van der Waals surface area (Å²) in [5.41, 5.74) is 8.19. The van der Waals surface area contributed by atoms with Gasteiger partial charge in [0, 0.05) is 4.91 Å². The molecule has 1 rings (SSSR count). The number of rotatable bonds is 2. The van der Waals surface area contributed by atoms with Crippen LogP contribution in [0.4, 0.5) is 0 Å². The smallest absolute Gasteiger partial charge is 0.177 e. The van der Waals surface area contributed by atoms with Crippen LogP contribution in [0, 0.1) is 0 Å². The average molecular weight is 237 g/mol. The van der Waals surface area contributed by atoms with Gasteiger partial charge in [-0.15, -0.1) is 12.6 Å². The van der Waals surface area contributed by atoms with Crippen LogP contribution in [0.15, 0.2) is 5.11 Å². The van der Waals surface area contributed by atoms with Crippen LogP contribution < -0.4 is 0 Å². The molecule has 8 nitrogen and oxygen atoms in total. The first kappa shape index (κ1) is 12.5. The normalized spacial score (nSPS) is 45.9. The topological polar surface area (TPSA) is 139 Å². The van der Waals surface area contributed by atoms with Crippen molar-refractivity contribution in [3.63, 3.8) is 0 Å². The zero-order valence-electron chi connectivity index (χ0n) is 7.50. The minimum absolute atomic E-state index is 0.584. The van der Waals surface area contributed by atoms with Crippen LogP contribution in [-0.2, 0) is 4.74 Å². The van der Waals surface area contributed by atoms with Crippen LogP contribution in [0.5, 0.6) is 0 Å². The molecule has 1 aliphatic rings. The van der Waals surface area contributed by atoms with Gasteiger partial charge in [0.05, 0.1) is 6.61 Å². The molecule has 0 radical (unpaired) electrons. The lowest BCUT2D eigenvalue weighted by Crippen LogP contribution is -2.63. The van der Waals surface area contributed by atoms with Gasteiger partial charge in [0.2, 0.25) is 0 Å². The second kappa shape index (κ2) is 4.54. The molecule has 86 valence electrons. The van der Waals surface area contributed by atoms with E-state index in [2.05, 4.69) is 22.7 Å². The molecule has 1 unspecified atom stereocenters. The Balaban J connectivity index is 2.95. The van der Waals surface area contributed by atoms with E-state index in [1.165, 1.54) is 0 Å². The number of nitrogens with zero attached hydrogens (tertiary/aromatic N) is 3. The molecule has 1 aliphatic heterocycles. The van der Waals surface area contributed by atoms with Crippen molar-refractivity contribution in [3.8, 4) is 0 Å². The van der Waals surface area contributed by atoms with Gasteiger partial charge in [-0.25, -0.2) is 0 Å². The highest BCUT2D eigenvalue weighted by molar-refractivity contribution is 7.81. The first-order valence-corrected chi connectivity index (χ1v) is 4.51. The largest absolute Gasteiger partial charge is 0.394 e. The SMILES string of the molecule is [N-]=[N+]=NC1O[C@H](CO)[C@@H](O)[C@H](O)[C@@]1(O)S. The van der Waals surface area contributed by atoms with Gasteiger partial charge in [0.25, 0.3) is 0 Å². The molecular formula is C6H11N3O5S. The molecule has 9 heteroatoms. The monoisotopic (exact) mass is 237 g/mol. The third-order valence-corrected chi connectivity index (χ3v) is 2.63. The van der Waals surface area contributed by atoms with Crippen LogP contribution in [0.25, 0.3) is 10.4 Å². The van der Waals surface area contributed by atoms with E-state index < -0.39 is 36.1 Å². The Labute approximate surface area is 90.1 Å². The average Bonchev–Trinajstić information content (AvgIpc) is 2.20. The maximum absolute atomic E-state index is 9.60. The molecule has 0 aromatic heterocycles. The first-order chi connectivity index (χ1) is 6.95. The molecule has 5 atom stereocenters. The molecule has 0 amide bonds. The van der Waals surface area contributed by atoms with Crippen LogP contribution in [-0.4, -0.2) is 56.5 Å². The van der Waals surface area contributed by atoms with Gasteiger partial charge in [0.15, 0.2) is 11.2 Å². The molecule has 1 heterocycles. The highest BCUT2D eigenvalue weighted by Crippen LogP contribution is 2.33. The van der Waals surface area contributed by atoms with Crippen LogP contribution >= 0.6 is 12.6 Å². The molecule has 0 aliphatic carbocycles. The fourth-order valence-electron chi connectivity index (χ4n) is 1.26. The lowest BCUT2D eigenvalue weighted by atomic mass is 9.98. The summed E-state index contributed by atoms with van der Waals surface area (Å²) in [4.78, 5) is 0.203. The third kappa shape index (κ3) is 2.18. The van der Waals surface area contributed by atoms with Gasteiger partial charge in [-0.1, -0.05) is 5.11 Å². The molecule has 1 saturated heterocycles. The second-order valence-electron chi connectivity index (χ2n) is 3.13. The number of aliphatic hydroxyl groups is 4. The number of hydrogen-bond acceptors (Lipinski definition) is 7. The Kier molecular flexibility index (Phi) is 3.79. The van der Waals surface area contributed by atoms with Gasteiger partial charge >= 0.3 is 0 Å². The van der Waals surface area contributed by atoms with Gasteiger partial charge < -0.3 is 25.2 Å². The molecule has 0 aromatic carbocycles. The summed E-state index contributed by atoms with van der Waals surface area (Å²) in [5, 5.41) is 40.3. The number of thiol groups is 1. The van der Waals surface area contributed by atoms with E-state index in [1.807, 2.05) is 0 Å². The molecule has 0 saturated carbocycles. The number of hydrogen-bond donors (Lipinski definition) is 5. The van der Waals surface area contributed by atoms with E-state index in [1.54, 1.807) is 0 Å². The number of azide groups is 1. The summed E-state index contributed by atoms with van der Waals surface area (Å²) < 4.78 is 4.87. The van der Waals surface area contributed by atoms with Gasteiger partial charge in [-0.3, -0.25) is 0 Å². The van der Waals surface area contributed by atoms with E-state index in [9.17, 15) is 15.3 Å². The van der Waals surface area contributed by atoms with E-state index >= 15 is 0 Å². The number of aliphatic hydroxyl groups excluding tert-OH is 3. The van der Waals surface area contributed by atoms with Crippen molar-refractivity contribution in [1.29, 1.82) is 0 Å². The van der Waals surface area contributed by atoms with Crippen molar-refractivity contribution in [2.75, 3.05) is 6.61 Å². The van der Waals surface area contributed by atoms with Crippen LogP contribution in [0.2, 0.25) is 0 Å². The minimum Gasteiger partial charge on any atom is -0.394 e. The highest BCUT2D eigenvalue weighted by atomic mass is 32.1. The zero-order chi connectivity index (χ0) is 11.6. The first-order valence-electron chi connectivity index (χ1n) is 4.06. The Morgan fingerprint density at radius 2 is 2.13 bits per heavy atom. The number of ether oxygens (including phenoxy) is 1. The van der Waals surface area contributed by atoms with Crippen molar-refractivity contribution in [1.82, 2.24) is 0 Å². The summed E-state index contributed by atoms with van der Waals surface area (Å²) in [5.74, 6) is 0. The second-order valence-corrected chi connectivity index (χ2v) is 3.85. The molecule has 1 fully saturated rings. The predicted octanol–water partition coefficient (Wildman–Crippen LogP) is -1.65. The van der Waals surface area contributed by atoms with E-state index in [0.29, 0.717) is 0 Å². The fraction of sp³-hybridized carbons (Fsp3) is 1.00. The lowest BCUT2D eigenvalue weighted by Gasteiger charge is -2.43. The molecule has 15 heavy (non-hydrogen) atoms. The van der Waals surface area contributed by atoms with Crippen molar-refractivity contribution >= 4 is 12.6 Å². The Bertz CT molecular complexity index is 282. The summed E-state index contributed by atoms with van der Waals surface area (Å²) in [6, 6.07) is 0. The van der Waals surface area contributed by atoms with Crippen molar-refractivity contribution < 1.29 is 25.2 Å². The maximum Gasteiger partial charge on any atom is 0.177 e.